The normalized spacial score (nSPS) is 12.4. The van der Waals surface area contributed by atoms with Crippen molar-refractivity contribution in [3.05, 3.63) is 222 Å². The van der Waals surface area contributed by atoms with Crippen molar-refractivity contribution in [1.82, 2.24) is 4.98 Å². The summed E-state index contributed by atoms with van der Waals surface area (Å²) in [6.45, 7) is 12.6. The molecule has 0 unspecified atom stereocenters. The quantitative estimate of drug-likeness (QED) is 0.0732. The summed E-state index contributed by atoms with van der Waals surface area (Å²) in [6, 6.07) is 55.9. The van der Waals surface area contributed by atoms with Gasteiger partial charge in [0.1, 0.15) is 0 Å². The van der Waals surface area contributed by atoms with Crippen molar-refractivity contribution in [3.8, 4) is 33.5 Å². The summed E-state index contributed by atoms with van der Waals surface area (Å²) in [5.74, 6) is 0.664. The fraction of sp³-hybridized carbons (Fsp3) is 0.105. The lowest BCUT2D eigenvalue weighted by Gasteiger charge is -2.16. The molecule has 0 saturated heterocycles. The highest BCUT2D eigenvalue weighted by atomic mass is 14.9. The third-order valence-corrected chi connectivity index (χ3v) is 11.1. The Bertz CT molecular complexity index is 2960. The number of hydrogen-bond acceptors (Lipinski definition) is 2. The minimum Gasteiger partial charge on any atom is -0.256 e. The first kappa shape index (κ1) is 39.6. The van der Waals surface area contributed by atoms with E-state index in [1.165, 1.54) is 38.6 Å². The molecule has 60 heavy (non-hydrogen) atoms. The fourth-order valence-electron chi connectivity index (χ4n) is 8.02. The minimum absolute atomic E-state index is 0. The summed E-state index contributed by atoms with van der Waals surface area (Å²) in [7, 11) is 0. The zero-order chi connectivity index (χ0) is 41.4. The molecular weight excluding hydrogens is 727 g/mol. The number of aromatic nitrogens is 1. The van der Waals surface area contributed by atoms with Gasteiger partial charge < -0.3 is 0 Å². The van der Waals surface area contributed by atoms with Gasteiger partial charge in [-0.3, -0.25) is 4.98 Å². The summed E-state index contributed by atoms with van der Waals surface area (Å²) >= 11 is 0. The topological polar surface area (TPSA) is 37.6 Å². The van der Waals surface area contributed by atoms with Crippen molar-refractivity contribution >= 4 is 44.9 Å². The van der Waals surface area contributed by atoms with Crippen molar-refractivity contribution in [1.29, 1.82) is 0 Å². The highest BCUT2D eigenvalue weighted by molar-refractivity contribution is 6.13. The monoisotopic (exact) mass is 777 g/mol. The van der Waals surface area contributed by atoms with Crippen LogP contribution >= 0.6 is 0 Å². The maximum Gasteiger partial charge on any atom is 0.160 e. The fourth-order valence-corrected chi connectivity index (χ4v) is 8.02. The molecule has 0 amide bonds. The number of nitrogens with zero attached hydrogens (tertiary/aromatic N) is 3. The number of benzene rings is 7. The Morgan fingerprint density at radius 3 is 2.05 bits per heavy atom. The molecule has 0 fully saturated rings. The predicted molar refractivity (Wildman–Crippen MR) is 261 cm³/mol. The van der Waals surface area contributed by atoms with E-state index in [9.17, 15) is 0 Å². The Balaban J connectivity index is 0.00000561. The Morgan fingerprint density at radius 2 is 1.33 bits per heavy atom. The summed E-state index contributed by atoms with van der Waals surface area (Å²) < 4.78 is 0. The molecule has 3 nitrogen and oxygen atoms in total. The Hall–Kier alpha value is -7.23. The van der Waals surface area contributed by atoms with Crippen molar-refractivity contribution in [3.63, 3.8) is 0 Å². The number of hydrogen-bond donors (Lipinski definition) is 0. The van der Waals surface area contributed by atoms with Crippen molar-refractivity contribution < 1.29 is 1.43 Å². The second-order valence-corrected chi connectivity index (χ2v) is 15.1. The maximum absolute atomic E-state index is 5.31. The van der Waals surface area contributed by atoms with Crippen molar-refractivity contribution in [2.24, 2.45) is 9.98 Å². The van der Waals surface area contributed by atoms with Gasteiger partial charge in [-0.05, 0) is 117 Å². The SMILES string of the molecule is C=C/C=C\c1ccc2c(-c3ccc(-c4cc(C(C)=NC(=N/C(=C/CC)c5ccccc5)c5ccccc5)cc(-c5cc6ccccc6cn5)c4)cc3)ccc(C)c2c1CC.[HH]. The first-order valence-corrected chi connectivity index (χ1v) is 20.8. The lowest BCUT2D eigenvalue weighted by atomic mass is 9.88. The zero-order valence-electron chi connectivity index (χ0n) is 34.9. The van der Waals surface area contributed by atoms with Crippen LogP contribution in [0.5, 0.6) is 0 Å². The van der Waals surface area contributed by atoms with Gasteiger partial charge in [-0.25, -0.2) is 9.98 Å². The Labute approximate surface area is 356 Å². The Kier molecular flexibility index (Phi) is 12.0. The number of allylic oxidation sites excluding steroid dienone is 3. The average molecular weight is 778 g/mol. The number of amidine groups is 1. The van der Waals surface area contributed by atoms with Crippen LogP contribution in [-0.2, 0) is 6.42 Å². The predicted octanol–water partition coefficient (Wildman–Crippen LogP) is 15.4. The second kappa shape index (κ2) is 18.1. The standard InChI is InChI=1S/C57H49N3.H2/c1-6-9-19-42-31-33-53-52(32-26-39(4)56(53)51(42)8-3)43-29-27-41(28-30-43)49-34-48(35-50(36-49)55-37-46-24-16-17-25-47(46)38-58-55)40(5)59-57(45-22-14-11-15-23-45)60-54(18-7-2)44-20-12-10-13-21-44;/h6,9-38H,1,7-8H2,2-5H3;1H/b19-9-,54-18+,59-40?,60-57?;. The Morgan fingerprint density at radius 1 is 0.650 bits per heavy atom. The van der Waals surface area contributed by atoms with Gasteiger partial charge in [-0.2, -0.15) is 0 Å². The summed E-state index contributed by atoms with van der Waals surface area (Å²) in [5, 5.41) is 4.87. The molecule has 0 radical (unpaired) electrons. The van der Waals surface area contributed by atoms with E-state index in [2.05, 4.69) is 180 Å². The van der Waals surface area contributed by atoms with Gasteiger partial charge in [0.25, 0.3) is 0 Å². The number of pyridine rings is 1. The molecule has 8 aromatic rings. The molecule has 1 aromatic heterocycles. The molecule has 0 N–H and O–H groups in total. The van der Waals surface area contributed by atoms with Crippen LogP contribution in [0.2, 0.25) is 0 Å². The number of rotatable bonds is 11. The van der Waals surface area contributed by atoms with E-state index in [1.807, 2.05) is 42.6 Å². The molecule has 0 spiro atoms. The third kappa shape index (κ3) is 8.48. The molecule has 0 aliphatic carbocycles. The van der Waals surface area contributed by atoms with E-state index in [4.69, 9.17) is 15.0 Å². The van der Waals surface area contributed by atoms with Crippen LogP contribution in [0.3, 0.4) is 0 Å². The van der Waals surface area contributed by atoms with Crippen LogP contribution in [0.15, 0.2) is 199 Å². The zero-order valence-corrected chi connectivity index (χ0v) is 34.9. The minimum atomic E-state index is 0. The van der Waals surface area contributed by atoms with Crippen molar-refractivity contribution in [2.75, 3.05) is 0 Å². The maximum atomic E-state index is 5.31. The van der Waals surface area contributed by atoms with E-state index in [0.29, 0.717) is 5.84 Å². The number of aliphatic imine (C=N–C) groups is 2. The van der Waals surface area contributed by atoms with Crippen LogP contribution in [0, 0.1) is 6.92 Å². The van der Waals surface area contributed by atoms with E-state index >= 15 is 0 Å². The molecule has 0 saturated carbocycles. The highest BCUT2D eigenvalue weighted by Crippen LogP contribution is 2.37. The van der Waals surface area contributed by atoms with Crippen LogP contribution in [-0.4, -0.2) is 16.5 Å². The lowest BCUT2D eigenvalue weighted by molar-refractivity contribution is 1.15. The summed E-state index contributed by atoms with van der Waals surface area (Å²) in [6.07, 6.45) is 12.0. The first-order chi connectivity index (χ1) is 29.4. The van der Waals surface area contributed by atoms with Crippen LogP contribution in [0.25, 0.3) is 66.8 Å². The van der Waals surface area contributed by atoms with Gasteiger partial charge in [0, 0.05) is 29.8 Å². The van der Waals surface area contributed by atoms with E-state index < -0.39 is 0 Å². The van der Waals surface area contributed by atoms with Crippen LogP contribution in [0.4, 0.5) is 0 Å². The molecular formula is C57H51N3. The average Bonchev–Trinajstić information content (AvgIpc) is 3.30. The third-order valence-electron chi connectivity index (χ3n) is 11.1. The van der Waals surface area contributed by atoms with Gasteiger partial charge in [-0.1, -0.05) is 178 Å². The first-order valence-electron chi connectivity index (χ1n) is 20.8. The van der Waals surface area contributed by atoms with Gasteiger partial charge in [0.2, 0.25) is 0 Å². The van der Waals surface area contributed by atoms with Gasteiger partial charge >= 0.3 is 0 Å². The van der Waals surface area contributed by atoms with Crippen LogP contribution < -0.4 is 0 Å². The molecule has 0 atom stereocenters. The largest absolute Gasteiger partial charge is 0.256 e. The molecule has 0 bridgehead atoms. The molecule has 7 aromatic carbocycles. The van der Waals surface area contributed by atoms with Gasteiger partial charge in [0.05, 0.1) is 11.4 Å². The number of aryl methyl sites for hydroxylation is 2. The highest BCUT2D eigenvalue weighted by Gasteiger charge is 2.15. The van der Waals surface area contributed by atoms with Crippen molar-refractivity contribution in [2.45, 2.75) is 40.5 Å². The molecule has 0 aliphatic heterocycles. The summed E-state index contributed by atoms with van der Waals surface area (Å²) in [4.78, 5) is 15.5. The van der Waals surface area contributed by atoms with Gasteiger partial charge in [0.15, 0.2) is 5.84 Å². The second-order valence-electron chi connectivity index (χ2n) is 15.1. The molecule has 3 heteroatoms. The molecule has 1 heterocycles. The smallest absolute Gasteiger partial charge is 0.160 e. The van der Waals surface area contributed by atoms with Gasteiger partial charge in [-0.15, -0.1) is 0 Å². The number of fused-ring (bicyclic) bond motifs is 2. The van der Waals surface area contributed by atoms with E-state index in [1.54, 1.807) is 0 Å². The van der Waals surface area contributed by atoms with E-state index in [0.717, 1.165) is 74.1 Å². The molecule has 8 rings (SSSR count). The van der Waals surface area contributed by atoms with Crippen LogP contribution in [0.1, 0.15) is 62.0 Å². The molecule has 0 aliphatic rings. The molecule has 294 valence electrons. The summed E-state index contributed by atoms with van der Waals surface area (Å²) in [5.41, 5.74) is 15.2. The van der Waals surface area contributed by atoms with E-state index in [-0.39, 0.29) is 1.43 Å². The lowest BCUT2D eigenvalue weighted by Crippen LogP contribution is -2.05.